The molecule has 1 amide bonds. The van der Waals surface area contributed by atoms with Gasteiger partial charge in [0, 0.05) is 18.8 Å². The molecule has 1 heterocycles. The second-order valence-electron chi connectivity index (χ2n) is 6.51. The number of nitrogens with one attached hydrogen (secondary N) is 1. The number of nitrogens with zero attached hydrogens (tertiary/aromatic N) is 1. The highest BCUT2D eigenvalue weighted by Gasteiger charge is 2.23. The van der Waals surface area contributed by atoms with Gasteiger partial charge in [-0.2, -0.15) is 0 Å². The Morgan fingerprint density at radius 3 is 2.67 bits per heavy atom. The Morgan fingerprint density at radius 2 is 1.83 bits per heavy atom. The first-order valence-electron chi connectivity index (χ1n) is 8.56. The minimum Gasteiger partial charge on any atom is -0.378 e. The Morgan fingerprint density at radius 1 is 1.08 bits per heavy atom. The largest absolute Gasteiger partial charge is 0.378 e. The molecular formula is C20H22N2O2. The fraction of sp³-hybridized carbons (Fsp3) is 0.350. The molecule has 2 aromatic carbocycles. The zero-order valence-electron chi connectivity index (χ0n) is 13.9. The average Bonchev–Trinajstić information content (AvgIpc) is 2.99. The molecule has 1 fully saturated rings. The summed E-state index contributed by atoms with van der Waals surface area (Å²) in [7, 11) is 0. The van der Waals surface area contributed by atoms with Gasteiger partial charge in [0.25, 0.3) is 0 Å². The highest BCUT2D eigenvalue weighted by Crippen LogP contribution is 2.37. The highest BCUT2D eigenvalue weighted by molar-refractivity contribution is 5.85. The number of carbonyl (C=O) groups excluding carboxylic acids is 1. The fourth-order valence-electron chi connectivity index (χ4n) is 3.60. The standard InChI is InChI=1S/C20H22N2O2/c1-14(20(23)22-8-10-24-11-9-22)21-17-6-7-19-16(13-17)12-15-4-2-3-5-18(15)19/h2-7,13-14,21H,8-12H2,1H3/t14-/m1/s1. The predicted octanol–water partition coefficient (Wildman–Crippen LogP) is 2.92. The first kappa shape index (κ1) is 15.2. The first-order valence-corrected chi connectivity index (χ1v) is 8.56. The van der Waals surface area contributed by atoms with E-state index in [1.54, 1.807) is 0 Å². The van der Waals surface area contributed by atoms with Crippen LogP contribution in [0, 0.1) is 0 Å². The zero-order chi connectivity index (χ0) is 16.5. The van der Waals surface area contributed by atoms with E-state index < -0.39 is 0 Å². The van der Waals surface area contributed by atoms with E-state index >= 15 is 0 Å². The number of benzene rings is 2. The molecule has 4 heteroatoms. The molecule has 0 saturated carbocycles. The smallest absolute Gasteiger partial charge is 0.244 e. The van der Waals surface area contributed by atoms with E-state index in [4.69, 9.17) is 4.74 Å². The number of hydrogen-bond donors (Lipinski definition) is 1. The molecule has 2 aliphatic rings. The van der Waals surface area contributed by atoms with E-state index in [0.717, 1.165) is 12.1 Å². The summed E-state index contributed by atoms with van der Waals surface area (Å²) in [4.78, 5) is 14.4. The molecule has 4 rings (SSSR count). The lowest BCUT2D eigenvalue weighted by Gasteiger charge is -2.29. The van der Waals surface area contributed by atoms with Crippen LogP contribution >= 0.6 is 0 Å². The number of anilines is 1. The van der Waals surface area contributed by atoms with Crippen molar-refractivity contribution in [3.05, 3.63) is 53.6 Å². The number of morpholine rings is 1. The van der Waals surface area contributed by atoms with Crippen molar-refractivity contribution in [1.29, 1.82) is 0 Å². The van der Waals surface area contributed by atoms with Gasteiger partial charge in [-0.25, -0.2) is 0 Å². The van der Waals surface area contributed by atoms with Crippen molar-refractivity contribution in [2.24, 2.45) is 0 Å². The third-order valence-corrected chi connectivity index (χ3v) is 4.87. The summed E-state index contributed by atoms with van der Waals surface area (Å²) >= 11 is 0. The SMILES string of the molecule is C[C@@H](Nc1ccc2c(c1)Cc1ccccc1-2)C(=O)N1CCOCC1. The summed E-state index contributed by atoms with van der Waals surface area (Å²) in [6, 6.07) is 14.7. The van der Waals surface area contributed by atoms with E-state index in [1.807, 2.05) is 11.8 Å². The lowest BCUT2D eigenvalue weighted by atomic mass is 10.1. The fourth-order valence-corrected chi connectivity index (χ4v) is 3.60. The summed E-state index contributed by atoms with van der Waals surface area (Å²) in [5.41, 5.74) is 6.35. The summed E-state index contributed by atoms with van der Waals surface area (Å²) in [5.74, 6) is 0.141. The van der Waals surface area contributed by atoms with E-state index in [2.05, 4.69) is 47.8 Å². The van der Waals surface area contributed by atoms with Crippen LogP contribution in [0.25, 0.3) is 11.1 Å². The predicted molar refractivity (Wildman–Crippen MR) is 95.2 cm³/mol. The number of amides is 1. The number of fused-ring (bicyclic) bond motifs is 3. The topological polar surface area (TPSA) is 41.6 Å². The summed E-state index contributed by atoms with van der Waals surface area (Å²) < 4.78 is 5.31. The summed E-state index contributed by atoms with van der Waals surface area (Å²) in [6.07, 6.45) is 0.965. The Hall–Kier alpha value is -2.33. The summed E-state index contributed by atoms with van der Waals surface area (Å²) in [5, 5.41) is 3.36. The van der Waals surface area contributed by atoms with E-state index in [1.165, 1.54) is 22.3 Å². The lowest BCUT2D eigenvalue weighted by molar-refractivity contribution is -0.135. The number of carbonyl (C=O) groups is 1. The molecule has 0 radical (unpaired) electrons. The maximum absolute atomic E-state index is 12.5. The van der Waals surface area contributed by atoms with Crippen molar-refractivity contribution in [3.63, 3.8) is 0 Å². The molecule has 4 nitrogen and oxygen atoms in total. The lowest BCUT2D eigenvalue weighted by Crippen LogP contribution is -2.47. The van der Waals surface area contributed by atoms with Gasteiger partial charge in [0.15, 0.2) is 0 Å². The third-order valence-electron chi connectivity index (χ3n) is 4.87. The van der Waals surface area contributed by atoms with E-state index in [-0.39, 0.29) is 11.9 Å². The Bertz CT molecular complexity index is 766. The molecular weight excluding hydrogens is 300 g/mol. The van der Waals surface area contributed by atoms with E-state index in [0.29, 0.717) is 26.3 Å². The maximum atomic E-state index is 12.5. The van der Waals surface area contributed by atoms with Gasteiger partial charge in [-0.1, -0.05) is 30.3 Å². The molecule has 0 spiro atoms. The van der Waals surface area contributed by atoms with Crippen LogP contribution in [0.1, 0.15) is 18.1 Å². The maximum Gasteiger partial charge on any atom is 0.244 e. The molecule has 24 heavy (non-hydrogen) atoms. The monoisotopic (exact) mass is 322 g/mol. The van der Waals surface area contributed by atoms with Crippen molar-refractivity contribution in [2.45, 2.75) is 19.4 Å². The Kier molecular flexibility index (Phi) is 3.98. The quantitative estimate of drug-likeness (QED) is 0.806. The van der Waals surface area contributed by atoms with Crippen molar-refractivity contribution in [3.8, 4) is 11.1 Å². The molecule has 1 atom stereocenters. The molecule has 0 unspecified atom stereocenters. The van der Waals surface area contributed by atoms with Gasteiger partial charge in [0.1, 0.15) is 6.04 Å². The van der Waals surface area contributed by atoms with Gasteiger partial charge in [0.2, 0.25) is 5.91 Å². The van der Waals surface area contributed by atoms with E-state index in [9.17, 15) is 4.79 Å². The molecule has 124 valence electrons. The summed E-state index contributed by atoms with van der Waals surface area (Å²) in [6.45, 7) is 4.57. The third kappa shape index (κ3) is 2.78. The number of ether oxygens (including phenoxy) is 1. The van der Waals surface area contributed by atoms with Gasteiger partial charge in [-0.15, -0.1) is 0 Å². The van der Waals surface area contributed by atoms with Gasteiger partial charge < -0.3 is 15.0 Å². The van der Waals surface area contributed by atoms with Crippen molar-refractivity contribution < 1.29 is 9.53 Å². The van der Waals surface area contributed by atoms with Crippen LogP contribution in [0.5, 0.6) is 0 Å². The van der Waals surface area contributed by atoms with Crippen LogP contribution in [-0.4, -0.2) is 43.2 Å². The van der Waals surface area contributed by atoms with Crippen molar-refractivity contribution in [1.82, 2.24) is 4.90 Å². The molecule has 0 aromatic heterocycles. The molecule has 1 N–H and O–H groups in total. The van der Waals surface area contributed by atoms with Crippen molar-refractivity contribution in [2.75, 3.05) is 31.6 Å². The van der Waals surface area contributed by atoms with Crippen LogP contribution in [0.3, 0.4) is 0 Å². The van der Waals surface area contributed by atoms with Crippen LogP contribution < -0.4 is 5.32 Å². The first-order chi connectivity index (χ1) is 11.7. The molecule has 1 saturated heterocycles. The van der Waals surface area contributed by atoms with Crippen LogP contribution in [0.2, 0.25) is 0 Å². The molecule has 1 aliphatic heterocycles. The normalized spacial score (nSPS) is 17.1. The second kappa shape index (κ2) is 6.29. The van der Waals surface area contributed by atoms with Crippen LogP contribution in [-0.2, 0) is 16.0 Å². The van der Waals surface area contributed by atoms with Gasteiger partial charge in [-0.05, 0) is 47.7 Å². The second-order valence-corrected chi connectivity index (χ2v) is 6.51. The number of rotatable bonds is 3. The average molecular weight is 322 g/mol. The molecule has 1 aliphatic carbocycles. The minimum atomic E-state index is -0.232. The van der Waals surface area contributed by atoms with Gasteiger partial charge in [0.05, 0.1) is 13.2 Å². The minimum absolute atomic E-state index is 0.141. The Labute approximate surface area is 142 Å². The van der Waals surface area contributed by atoms with Crippen LogP contribution in [0.15, 0.2) is 42.5 Å². The van der Waals surface area contributed by atoms with Gasteiger partial charge >= 0.3 is 0 Å². The zero-order valence-corrected chi connectivity index (χ0v) is 13.9. The number of hydrogen-bond acceptors (Lipinski definition) is 3. The van der Waals surface area contributed by atoms with Crippen molar-refractivity contribution >= 4 is 11.6 Å². The Balaban J connectivity index is 1.48. The highest BCUT2D eigenvalue weighted by atomic mass is 16.5. The molecule has 0 bridgehead atoms. The van der Waals surface area contributed by atoms with Gasteiger partial charge in [-0.3, -0.25) is 4.79 Å². The van der Waals surface area contributed by atoms with Crippen LogP contribution in [0.4, 0.5) is 5.69 Å². The molecule has 2 aromatic rings.